The molecule has 6 N–H and O–H groups in total. The zero-order chi connectivity index (χ0) is 22.4. The first-order valence-corrected chi connectivity index (χ1v) is 12.1. The molecular weight excluding hydrogens is 547 g/mol. The van der Waals surface area contributed by atoms with Crippen LogP contribution >= 0.6 is 36.7 Å². The van der Waals surface area contributed by atoms with Crippen molar-refractivity contribution in [2.24, 2.45) is 17.2 Å². The molecule has 0 radical (unpaired) electrons. The Balaban J connectivity index is -0.000000427. The SMILES string of the molecule is CCCCCCCCCc1cccc[c]1[Mo+3].NC(=S)[S-].NC(=S)[S-].NC(=S)[S-]. The number of rotatable bonds is 8. The van der Waals surface area contributed by atoms with Crippen LogP contribution in [0.15, 0.2) is 24.3 Å². The minimum absolute atomic E-state index is 0.0833. The van der Waals surface area contributed by atoms with Gasteiger partial charge in [-0.05, 0) is 0 Å². The van der Waals surface area contributed by atoms with Gasteiger partial charge < -0.3 is 91.7 Å². The summed E-state index contributed by atoms with van der Waals surface area (Å²) in [6.45, 7) is 2.28. The van der Waals surface area contributed by atoms with E-state index in [4.69, 9.17) is 0 Å². The molecule has 0 atom stereocenters. The number of hydrogen-bond acceptors (Lipinski definition) is 6. The summed E-state index contributed by atoms with van der Waals surface area (Å²) in [5.74, 6) is 0. The van der Waals surface area contributed by atoms with Gasteiger partial charge in [0.1, 0.15) is 0 Å². The van der Waals surface area contributed by atoms with Gasteiger partial charge in [0.2, 0.25) is 0 Å². The average molecular weight is 576 g/mol. The third-order valence-electron chi connectivity index (χ3n) is 3.02. The Morgan fingerprint density at radius 3 is 1.54 bits per heavy atom. The number of thiocarbonyl (C=S) groups is 3. The third kappa shape index (κ3) is 40.8. The van der Waals surface area contributed by atoms with Crippen molar-refractivity contribution >= 4 is 91.5 Å². The van der Waals surface area contributed by atoms with Gasteiger partial charge in [0, 0.05) is 0 Å². The van der Waals surface area contributed by atoms with Gasteiger partial charge in [-0.3, -0.25) is 0 Å². The first-order valence-electron chi connectivity index (χ1n) is 8.68. The second kappa shape index (κ2) is 25.3. The molecule has 0 bridgehead atoms. The van der Waals surface area contributed by atoms with E-state index >= 15 is 0 Å². The summed E-state index contributed by atoms with van der Waals surface area (Å²) in [7, 11) is 0. The Labute approximate surface area is 214 Å². The second-order valence-corrected chi connectivity index (χ2v) is 9.93. The molecule has 28 heavy (non-hydrogen) atoms. The van der Waals surface area contributed by atoms with E-state index in [1.165, 1.54) is 55.3 Å². The summed E-state index contributed by atoms with van der Waals surface area (Å²) in [6, 6.07) is 8.79. The van der Waals surface area contributed by atoms with Gasteiger partial charge in [0.15, 0.2) is 0 Å². The molecule has 1 aromatic carbocycles. The van der Waals surface area contributed by atoms with Gasteiger partial charge >= 0.3 is 112 Å². The van der Waals surface area contributed by atoms with Crippen LogP contribution in [0.1, 0.15) is 57.4 Å². The second-order valence-electron chi connectivity index (χ2n) is 5.44. The van der Waals surface area contributed by atoms with E-state index < -0.39 is 0 Å². The van der Waals surface area contributed by atoms with Crippen LogP contribution in [0.2, 0.25) is 0 Å². The number of unbranched alkanes of at least 4 members (excludes halogenated alkanes) is 6. The molecule has 0 amide bonds. The van der Waals surface area contributed by atoms with E-state index in [2.05, 4.69) is 143 Å². The fraction of sp³-hybridized carbons (Fsp3) is 0.500. The zero-order valence-corrected chi connectivity index (χ0v) is 23.0. The average Bonchev–Trinajstić information content (AvgIpc) is 2.54. The predicted octanol–water partition coefficient (Wildman–Crippen LogP) is 3.48. The molecule has 1 aromatic rings. The molecule has 1 rings (SSSR count). The smallest absolute Gasteiger partial charge is 0.0708 e. The molecule has 0 aromatic heterocycles. The molecule has 0 unspecified atom stereocenters. The largest absolute Gasteiger partial charge is 0.415 e. The standard InChI is InChI=1S/C15H23.3CH3NS2.Mo/c1-2-3-4-5-6-7-9-12-15-13-10-8-11-14-15;3*2-1(3)4;/h8,10-11,13H,2-7,9,12H2,1H3;3*(H3,2,3,4);/q;;;;+3/p-3. The molecular formula is C18H29MoN3S6. The van der Waals surface area contributed by atoms with E-state index in [0.717, 1.165) is 0 Å². The van der Waals surface area contributed by atoms with Crippen molar-refractivity contribution in [1.82, 2.24) is 0 Å². The first kappa shape index (κ1) is 32.9. The topological polar surface area (TPSA) is 78.1 Å². The Bertz CT molecular complexity index is 503. The van der Waals surface area contributed by atoms with Crippen molar-refractivity contribution in [3.63, 3.8) is 0 Å². The molecule has 0 aliphatic carbocycles. The Kier molecular flexibility index (Phi) is 29.7. The number of aryl methyl sites for hydroxylation is 1. The molecule has 158 valence electrons. The van der Waals surface area contributed by atoms with Gasteiger partial charge in [-0.25, -0.2) is 0 Å². The van der Waals surface area contributed by atoms with Gasteiger partial charge in [-0.1, -0.05) is 13.0 Å². The molecule has 10 heteroatoms. The number of hydrogen-bond donors (Lipinski definition) is 3. The molecule has 0 spiro atoms. The molecule has 0 fully saturated rings. The maximum atomic E-state index is 4.66. The summed E-state index contributed by atoms with van der Waals surface area (Å²) < 4.78 is 1.71. The van der Waals surface area contributed by atoms with E-state index in [1.54, 1.807) is 5.56 Å². The van der Waals surface area contributed by atoms with Gasteiger partial charge in [0.05, 0.1) is 0 Å². The molecule has 0 saturated carbocycles. The predicted molar refractivity (Wildman–Crippen MR) is 140 cm³/mol. The van der Waals surface area contributed by atoms with Gasteiger partial charge in [0.25, 0.3) is 0 Å². The van der Waals surface area contributed by atoms with Crippen LogP contribution in [0, 0.1) is 0 Å². The minimum Gasteiger partial charge on any atom is -0.415 e. The van der Waals surface area contributed by atoms with Crippen LogP contribution in [0.4, 0.5) is 0 Å². The molecule has 0 aliphatic heterocycles. The van der Waals surface area contributed by atoms with Crippen LogP contribution < -0.4 is 21.2 Å². The Morgan fingerprint density at radius 1 is 0.786 bits per heavy atom. The number of benzene rings is 1. The maximum absolute atomic E-state index is 4.66. The quantitative estimate of drug-likeness (QED) is 0.187. The summed E-state index contributed by atoms with van der Waals surface area (Å²) in [4.78, 5) is 0. The van der Waals surface area contributed by atoms with Crippen molar-refractivity contribution in [2.75, 3.05) is 0 Å². The first-order chi connectivity index (χ1) is 13.0. The van der Waals surface area contributed by atoms with E-state index in [-0.39, 0.29) is 13.0 Å². The van der Waals surface area contributed by atoms with Crippen LogP contribution in [0.25, 0.3) is 0 Å². The monoisotopic (exact) mass is 577 g/mol. The summed E-state index contributed by atoms with van der Waals surface area (Å²) in [5.41, 5.74) is 15.5. The fourth-order valence-electron chi connectivity index (χ4n) is 1.98. The van der Waals surface area contributed by atoms with Crippen LogP contribution in [-0.2, 0) is 64.1 Å². The molecule has 0 saturated heterocycles. The number of nitrogens with two attached hydrogens (primary N) is 3. The maximum Gasteiger partial charge on any atom is -0.0708 e. The Hall–Kier alpha value is 0.238. The van der Waals surface area contributed by atoms with Crippen LogP contribution in [0.5, 0.6) is 0 Å². The molecule has 0 aliphatic rings. The zero-order valence-electron chi connectivity index (χ0n) is 16.1. The fourth-order valence-corrected chi connectivity index (χ4v) is 2.59. The molecule has 0 heterocycles. The third-order valence-corrected chi connectivity index (χ3v) is 4.00. The Morgan fingerprint density at radius 2 is 1.14 bits per heavy atom. The minimum atomic E-state index is 0.0833. The summed E-state index contributed by atoms with van der Waals surface area (Å²) >= 11 is 26.9. The van der Waals surface area contributed by atoms with E-state index in [1.807, 2.05) is 0 Å². The van der Waals surface area contributed by atoms with Crippen LogP contribution in [0.3, 0.4) is 0 Å². The van der Waals surface area contributed by atoms with Crippen LogP contribution in [-0.4, -0.2) is 13.0 Å². The van der Waals surface area contributed by atoms with Gasteiger partial charge in [-0.15, -0.1) is 0 Å². The molecule has 3 nitrogen and oxygen atoms in total. The van der Waals surface area contributed by atoms with E-state index in [0.29, 0.717) is 0 Å². The van der Waals surface area contributed by atoms with Crippen molar-refractivity contribution in [2.45, 2.75) is 58.3 Å². The van der Waals surface area contributed by atoms with Crippen molar-refractivity contribution in [1.29, 1.82) is 0 Å². The summed E-state index contributed by atoms with van der Waals surface area (Å²) in [5, 5.41) is 0. The van der Waals surface area contributed by atoms with Crippen molar-refractivity contribution < 1.29 is 19.8 Å². The van der Waals surface area contributed by atoms with Gasteiger partial charge in [-0.2, -0.15) is 0 Å². The van der Waals surface area contributed by atoms with Crippen molar-refractivity contribution in [3.05, 3.63) is 29.8 Å². The van der Waals surface area contributed by atoms with Crippen molar-refractivity contribution in [3.8, 4) is 0 Å². The normalized spacial score (nSPS) is 8.57. The van der Waals surface area contributed by atoms with E-state index in [9.17, 15) is 0 Å². The summed E-state index contributed by atoms with van der Waals surface area (Å²) in [6.07, 6.45) is 11.1.